The van der Waals surface area contributed by atoms with Crippen molar-refractivity contribution in [2.75, 3.05) is 7.05 Å². The maximum Gasteiger partial charge on any atom is 0.125 e. The third-order valence-corrected chi connectivity index (χ3v) is 4.99. The van der Waals surface area contributed by atoms with Gasteiger partial charge in [-0.2, -0.15) is 0 Å². The molecular weight excluding hydrogens is 270 g/mol. The number of hydrogen-bond donors (Lipinski definition) is 1. The van der Waals surface area contributed by atoms with Crippen molar-refractivity contribution in [3.63, 3.8) is 0 Å². The number of benzene rings is 1. The van der Waals surface area contributed by atoms with Gasteiger partial charge in [-0.15, -0.1) is 0 Å². The third kappa shape index (κ3) is 2.60. The summed E-state index contributed by atoms with van der Waals surface area (Å²) in [5.74, 6) is 0.368. The minimum absolute atomic E-state index is 0.0314. The summed E-state index contributed by atoms with van der Waals surface area (Å²) in [4.78, 5) is 4.54. The SMILES string of the molecule is C/C=C1\C(=NC)c2c(O)cccc2C1(CCCC)CCCC. The van der Waals surface area contributed by atoms with Crippen LogP contribution in [0.5, 0.6) is 5.75 Å². The average Bonchev–Trinajstić information content (AvgIpc) is 2.81. The van der Waals surface area contributed by atoms with Gasteiger partial charge in [-0.3, -0.25) is 4.99 Å². The van der Waals surface area contributed by atoms with Gasteiger partial charge < -0.3 is 5.11 Å². The second-order valence-electron chi connectivity index (χ2n) is 6.26. The van der Waals surface area contributed by atoms with E-state index in [1.807, 2.05) is 13.1 Å². The summed E-state index contributed by atoms with van der Waals surface area (Å²) in [6.45, 7) is 6.60. The van der Waals surface area contributed by atoms with Crippen LogP contribution in [-0.2, 0) is 5.41 Å². The van der Waals surface area contributed by atoms with Crippen LogP contribution in [0.3, 0.4) is 0 Å². The summed E-state index contributed by atoms with van der Waals surface area (Å²) in [5.41, 5.74) is 4.58. The van der Waals surface area contributed by atoms with Crippen molar-refractivity contribution >= 4 is 5.71 Å². The van der Waals surface area contributed by atoms with Gasteiger partial charge in [-0.25, -0.2) is 0 Å². The summed E-state index contributed by atoms with van der Waals surface area (Å²) < 4.78 is 0. The first-order chi connectivity index (χ1) is 10.7. The Morgan fingerprint density at radius 2 is 1.77 bits per heavy atom. The molecule has 0 amide bonds. The number of hydrogen-bond acceptors (Lipinski definition) is 2. The minimum Gasteiger partial charge on any atom is -0.507 e. The molecule has 22 heavy (non-hydrogen) atoms. The first kappa shape index (κ1) is 16.8. The predicted molar refractivity (Wildman–Crippen MR) is 95.1 cm³/mol. The van der Waals surface area contributed by atoms with E-state index in [-0.39, 0.29) is 5.41 Å². The molecule has 0 bridgehead atoms. The Kier molecular flexibility index (Phi) is 5.44. The van der Waals surface area contributed by atoms with Crippen molar-refractivity contribution < 1.29 is 5.11 Å². The standard InChI is InChI=1S/C20H29NO/c1-5-8-13-20(14-9-6-2)15(7-3)19(21-4)18-16(20)11-10-12-17(18)22/h7,10-12,22H,5-6,8-9,13-14H2,1-4H3/b15-7+,21-19?. The van der Waals surface area contributed by atoms with Crippen molar-refractivity contribution in [2.45, 2.75) is 64.7 Å². The summed E-state index contributed by atoms with van der Waals surface area (Å²) in [5, 5.41) is 10.4. The molecule has 0 spiro atoms. The van der Waals surface area contributed by atoms with E-state index >= 15 is 0 Å². The Balaban J connectivity index is 2.67. The van der Waals surface area contributed by atoms with E-state index in [0.29, 0.717) is 5.75 Å². The van der Waals surface area contributed by atoms with Crippen LogP contribution >= 0.6 is 0 Å². The number of unbranched alkanes of at least 4 members (excludes halogenated alkanes) is 2. The van der Waals surface area contributed by atoms with Crippen LogP contribution in [0, 0.1) is 0 Å². The van der Waals surface area contributed by atoms with Gasteiger partial charge in [-0.05, 0) is 37.0 Å². The molecule has 120 valence electrons. The molecule has 1 aromatic rings. The lowest BCUT2D eigenvalue weighted by atomic mass is 9.71. The molecule has 0 fully saturated rings. The molecule has 0 unspecified atom stereocenters. The summed E-state index contributed by atoms with van der Waals surface area (Å²) in [6.07, 6.45) is 9.28. The van der Waals surface area contributed by atoms with Gasteiger partial charge in [0.1, 0.15) is 5.75 Å². The molecule has 1 aliphatic rings. The lowest BCUT2D eigenvalue weighted by Gasteiger charge is -2.32. The predicted octanol–water partition coefficient (Wildman–Crippen LogP) is 5.39. The van der Waals surface area contributed by atoms with Crippen LogP contribution < -0.4 is 0 Å². The van der Waals surface area contributed by atoms with Gasteiger partial charge in [0.25, 0.3) is 0 Å². The van der Waals surface area contributed by atoms with Gasteiger partial charge in [0.2, 0.25) is 0 Å². The van der Waals surface area contributed by atoms with Crippen LogP contribution in [0.4, 0.5) is 0 Å². The van der Waals surface area contributed by atoms with E-state index in [9.17, 15) is 5.11 Å². The molecule has 2 nitrogen and oxygen atoms in total. The second-order valence-corrected chi connectivity index (χ2v) is 6.26. The maximum atomic E-state index is 10.4. The molecule has 0 saturated heterocycles. The van der Waals surface area contributed by atoms with Crippen molar-refractivity contribution in [3.05, 3.63) is 41.0 Å². The highest BCUT2D eigenvalue weighted by Crippen LogP contribution is 2.52. The van der Waals surface area contributed by atoms with Gasteiger partial charge in [0, 0.05) is 18.0 Å². The molecule has 0 heterocycles. The lowest BCUT2D eigenvalue weighted by Crippen LogP contribution is -2.26. The molecule has 2 rings (SSSR count). The summed E-state index contributed by atoms with van der Waals surface area (Å²) >= 11 is 0. The quantitative estimate of drug-likeness (QED) is 0.750. The average molecular weight is 299 g/mol. The monoisotopic (exact) mass is 299 g/mol. The molecule has 0 aliphatic heterocycles. The fourth-order valence-corrected chi connectivity index (χ4v) is 3.96. The van der Waals surface area contributed by atoms with Crippen LogP contribution in [0.25, 0.3) is 0 Å². The minimum atomic E-state index is 0.0314. The van der Waals surface area contributed by atoms with E-state index in [4.69, 9.17) is 0 Å². The number of aromatic hydroxyl groups is 1. The number of aliphatic imine (C=N–C) groups is 1. The first-order valence-electron chi connectivity index (χ1n) is 8.63. The Morgan fingerprint density at radius 3 is 2.27 bits per heavy atom. The zero-order chi connectivity index (χ0) is 16.2. The smallest absolute Gasteiger partial charge is 0.125 e. The Labute approximate surface area is 135 Å². The van der Waals surface area contributed by atoms with Crippen LogP contribution in [-0.4, -0.2) is 17.9 Å². The number of rotatable bonds is 6. The van der Waals surface area contributed by atoms with E-state index in [0.717, 1.165) is 24.1 Å². The van der Waals surface area contributed by atoms with Crippen molar-refractivity contribution in [2.24, 2.45) is 4.99 Å². The molecule has 2 heteroatoms. The molecule has 0 saturated carbocycles. The fourth-order valence-electron chi connectivity index (χ4n) is 3.96. The van der Waals surface area contributed by atoms with Gasteiger partial charge in [0.15, 0.2) is 0 Å². The zero-order valence-corrected chi connectivity index (χ0v) is 14.4. The number of phenols is 1. The van der Waals surface area contributed by atoms with Crippen molar-refractivity contribution in [1.29, 1.82) is 0 Å². The molecule has 0 radical (unpaired) electrons. The normalized spacial score (nSPS) is 19.8. The van der Waals surface area contributed by atoms with E-state index in [2.05, 4.69) is 37.9 Å². The van der Waals surface area contributed by atoms with Gasteiger partial charge >= 0.3 is 0 Å². The number of nitrogens with zero attached hydrogens (tertiary/aromatic N) is 1. The Bertz CT molecular complexity index is 575. The van der Waals surface area contributed by atoms with Crippen LogP contribution in [0.2, 0.25) is 0 Å². The highest BCUT2D eigenvalue weighted by Gasteiger charge is 2.45. The number of fused-ring (bicyclic) bond motifs is 1. The Hall–Kier alpha value is -1.57. The van der Waals surface area contributed by atoms with E-state index in [1.165, 1.54) is 36.8 Å². The summed E-state index contributed by atoms with van der Waals surface area (Å²) in [6, 6.07) is 5.96. The molecular formula is C20H29NO. The second kappa shape index (κ2) is 7.13. The molecule has 0 atom stereocenters. The van der Waals surface area contributed by atoms with Crippen molar-refractivity contribution in [3.8, 4) is 5.75 Å². The molecule has 0 aromatic heterocycles. The molecule has 1 N–H and O–H groups in total. The molecule has 1 aliphatic carbocycles. The number of allylic oxidation sites excluding steroid dienone is 2. The van der Waals surface area contributed by atoms with Crippen molar-refractivity contribution in [1.82, 2.24) is 0 Å². The third-order valence-electron chi connectivity index (χ3n) is 4.99. The zero-order valence-electron chi connectivity index (χ0n) is 14.4. The van der Waals surface area contributed by atoms with E-state index in [1.54, 1.807) is 6.07 Å². The van der Waals surface area contributed by atoms with Gasteiger partial charge in [-0.1, -0.05) is 57.7 Å². The summed E-state index contributed by atoms with van der Waals surface area (Å²) in [7, 11) is 1.84. The van der Waals surface area contributed by atoms with Gasteiger partial charge in [0.05, 0.1) is 5.71 Å². The highest BCUT2D eigenvalue weighted by molar-refractivity contribution is 6.20. The Morgan fingerprint density at radius 1 is 1.14 bits per heavy atom. The van der Waals surface area contributed by atoms with E-state index < -0.39 is 0 Å². The lowest BCUT2D eigenvalue weighted by molar-refractivity contribution is 0.412. The highest BCUT2D eigenvalue weighted by atomic mass is 16.3. The first-order valence-corrected chi connectivity index (χ1v) is 8.63. The van der Waals surface area contributed by atoms with Crippen LogP contribution in [0.15, 0.2) is 34.8 Å². The topological polar surface area (TPSA) is 32.6 Å². The van der Waals surface area contributed by atoms with Crippen LogP contribution in [0.1, 0.15) is 70.4 Å². The molecule has 1 aromatic carbocycles. The number of phenolic OH excluding ortho intramolecular Hbond substituents is 1. The fraction of sp³-hybridized carbons (Fsp3) is 0.550. The largest absolute Gasteiger partial charge is 0.507 e. The maximum absolute atomic E-state index is 10.4.